The van der Waals surface area contributed by atoms with Crippen molar-refractivity contribution in [2.75, 3.05) is 13.1 Å². The minimum absolute atomic E-state index is 0.157. The first-order valence-corrected chi connectivity index (χ1v) is 9.71. The van der Waals surface area contributed by atoms with Crippen LogP contribution in [0.4, 0.5) is 0 Å². The second-order valence-electron chi connectivity index (χ2n) is 8.91. The van der Waals surface area contributed by atoms with Crippen molar-refractivity contribution in [3.05, 3.63) is 35.4 Å². The van der Waals surface area contributed by atoms with Gasteiger partial charge in [-0.2, -0.15) is 0 Å². The molecule has 0 aromatic heterocycles. The Kier molecular flexibility index (Phi) is 2.58. The number of likely N-dealkylation sites (tertiary alicyclic amines) is 1. The van der Waals surface area contributed by atoms with Crippen LogP contribution in [-0.2, 0) is 11.8 Å². The van der Waals surface area contributed by atoms with E-state index in [-0.39, 0.29) is 17.9 Å². The number of aliphatic hydroxyl groups is 1. The molecular weight excluding hydrogens is 314 g/mol. The Morgan fingerprint density at radius 3 is 2.92 bits per heavy atom. The highest BCUT2D eigenvalue weighted by Crippen LogP contribution is 2.66. The van der Waals surface area contributed by atoms with Crippen LogP contribution in [0, 0.1) is 5.92 Å². The molecule has 2 heterocycles. The molecule has 2 unspecified atom stereocenters. The summed E-state index contributed by atoms with van der Waals surface area (Å²) in [5, 5.41) is 22.5. The van der Waals surface area contributed by atoms with E-state index in [2.05, 4.69) is 11.5 Å². The van der Waals surface area contributed by atoms with Crippen LogP contribution in [0.25, 0.3) is 0 Å². The molecular formula is C21H25NO3. The highest BCUT2D eigenvalue weighted by atomic mass is 16.5. The summed E-state index contributed by atoms with van der Waals surface area (Å²) in [5.41, 5.74) is 2.21. The number of phenols is 1. The van der Waals surface area contributed by atoms with Crippen LogP contribution in [0.15, 0.2) is 24.3 Å². The predicted octanol–water partition coefficient (Wildman–Crippen LogP) is 2.51. The van der Waals surface area contributed by atoms with E-state index in [0.29, 0.717) is 5.75 Å². The topological polar surface area (TPSA) is 52.9 Å². The second-order valence-corrected chi connectivity index (χ2v) is 8.91. The summed E-state index contributed by atoms with van der Waals surface area (Å²) in [5.74, 6) is 1.64. The summed E-state index contributed by atoms with van der Waals surface area (Å²) >= 11 is 0. The number of hydrogen-bond donors (Lipinski definition) is 2. The molecule has 1 saturated heterocycles. The molecule has 132 valence electrons. The Hall–Kier alpha value is -1.52. The Morgan fingerprint density at radius 2 is 2.12 bits per heavy atom. The molecule has 4 nitrogen and oxygen atoms in total. The van der Waals surface area contributed by atoms with Crippen LogP contribution < -0.4 is 4.74 Å². The van der Waals surface area contributed by atoms with Crippen molar-refractivity contribution in [3.8, 4) is 11.5 Å². The third kappa shape index (κ3) is 1.57. The van der Waals surface area contributed by atoms with Crippen LogP contribution in [0.2, 0.25) is 0 Å². The van der Waals surface area contributed by atoms with Gasteiger partial charge in [0, 0.05) is 18.2 Å². The Morgan fingerprint density at radius 1 is 1.28 bits per heavy atom. The fourth-order valence-corrected chi connectivity index (χ4v) is 6.39. The smallest absolute Gasteiger partial charge is 0.166 e. The maximum atomic E-state index is 12.1. The van der Waals surface area contributed by atoms with E-state index in [4.69, 9.17) is 4.74 Å². The van der Waals surface area contributed by atoms with Crippen molar-refractivity contribution >= 4 is 0 Å². The number of benzene rings is 1. The average Bonchev–Trinajstić information content (AvgIpc) is 3.32. The van der Waals surface area contributed by atoms with Gasteiger partial charge >= 0.3 is 0 Å². The molecule has 0 amide bonds. The molecule has 1 aromatic rings. The molecule has 0 radical (unpaired) electrons. The van der Waals surface area contributed by atoms with Crippen molar-refractivity contribution in [3.63, 3.8) is 0 Å². The first-order chi connectivity index (χ1) is 12.0. The third-order valence-corrected chi connectivity index (χ3v) is 7.71. The van der Waals surface area contributed by atoms with Gasteiger partial charge in [-0.1, -0.05) is 12.6 Å². The fraction of sp³-hybridized carbons (Fsp3) is 0.619. The van der Waals surface area contributed by atoms with Crippen molar-refractivity contribution < 1.29 is 14.9 Å². The predicted molar refractivity (Wildman–Crippen MR) is 93.9 cm³/mol. The number of piperidine rings is 1. The average molecular weight is 339 g/mol. The SMILES string of the molecule is C=C1CCC2(O)C3Cc4ccc(O)c5c4[C@@]2(CCN3CC2CC2)[C@H]1O5. The van der Waals surface area contributed by atoms with Gasteiger partial charge in [-0.05, 0) is 68.2 Å². The maximum absolute atomic E-state index is 12.1. The van der Waals surface area contributed by atoms with E-state index in [1.807, 2.05) is 6.07 Å². The highest BCUT2D eigenvalue weighted by Gasteiger charge is 2.71. The molecule has 3 fully saturated rings. The zero-order chi connectivity index (χ0) is 17.0. The molecule has 2 saturated carbocycles. The first-order valence-electron chi connectivity index (χ1n) is 9.71. The molecule has 25 heavy (non-hydrogen) atoms. The normalized spacial score (nSPS) is 41.4. The monoisotopic (exact) mass is 339 g/mol. The molecule has 5 aliphatic rings. The van der Waals surface area contributed by atoms with Gasteiger partial charge in [0.2, 0.25) is 0 Å². The van der Waals surface area contributed by atoms with Crippen molar-refractivity contribution in [1.82, 2.24) is 4.90 Å². The minimum Gasteiger partial charge on any atom is -0.504 e. The lowest BCUT2D eigenvalue weighted by molar-refractivity contribution is -0.174. The minimum atomic E-state index is -0.780. The van der Waals surface area contributed by atoms with Crippen molar-refractivity contribution in [1.29, 1.82) is 0 Å². The number of rotatable bonds is 2. The van der Waals surface area contributed by atoms with Crippen LogP contribution in [0.5, 0.6) is 11.5 Å². The van der Waals surface area contributed by atoms with E-state index in [9.17, 15) is 10.2 Å². The molecule has 4 heteroatoms. The molecule has 6 rings (SSSR count). The highest BCUT2D eigenvalue weighted by molar-refractivity contribution is 5.63. The van der Waals surface area contributed by atoms with Gasteiger partial charge in [0.15, 0.2) is 11.5 Å². The Labute approximate surface area is 148 Å². The molecule has 2 aliphatic heterocycles. The zero-order valence-electron chi connectivity index (χ0n) is 14.5. The number of ether oxygens (including phenoxy) is 1. The maximum Gasteiger partial charge on any atom is 0.166 e. The van der Waals surface area contributed by atoms with E-state index in [1.165, 1.54) is 18.4 Å². The number of phenolic OH excluding ortho intramolecular Hbond substituents is 1. The summed E-state index contributed by atoms with van der Waals surface area (Å²) in [4.78, 5) is 2.56. The van der Waals surface area contributed by atoms with Gasteiger partial charge in [0.05, 0.1) is 11.0 Å². The molecule has 1 spiro atoms. The van der Waals surface area contributed by atoms with E-state index >= 15 is 0 Å². The van der Waals surface area contributed by atoms with Gasteiger partial charge in [0.25, 0.3) is 0 Å². The fourth-order valence-electron chi connectivity index (χ4n) is 6.39. The summed E-state index contributed by atoms with van der Waals surface area (Å²) in [7, 11) is 0. The zero-order valence-corrected chi connectivity index (χ0v) is 14.5. The van der Waals surface area contributed by atoms with Crippen LogP contribution in [0.1, 0.15) is 43.2 Å². The lowest BCUT2D eigenvalue weighted by Crippen LogP contribution is -2.75. The quantitative estimate of drug-likeness (QED) is 0.813. The van der Waals surface area contributed by atoms with Crippen LogP contribution >= 0.6 is 0 Å². The first kappa shape index (κ1) is 14.6. The number of nitrogens with zero attached hydrogens (tertiary/aromatic N) is 1. The van der Waals surface area contributed by atoms with Gasteiger partial charge in [-0.15, -0.1) is 0 Å². The Balaban J connectivity index is 1.58. The van der Waals surface area contributed by atoms with Crippen LogP contribution in [0.3, 0.4) is 0 Å². The molecule has 4 atom stereocenters. The number of aromatic hydroxyl groups is 1. The summed E-state index contributed by atoms with van der Waals surface area (Å²) in [6.45, 7) is 6.40. The van der Waals surface area contributed by atoms with Crippen molar-refractivity contribution in [2.24, 2.45) is 5.92 Å². The third-order valence-electron chi connectivity index (χ3n) is 7.71. The van der Waals surface area contributed by atoms with Crippen molar-refractivity contribution in [2.45, 2.75) is 61.7 Å². The lowest BCUT2D eigenvalue weighted by Gasteiger charge is -2.63. The van der Waals surface area contributed by atoms with Gasteiger partial charge in [-0.25, -0.2) is 0 Å². The van der Waals surface area contributed by atoms with Crippen LogP contribution in [-0.4, -0.2) is 45.9 Å². The molecule has 2 N–H and O–H groups in total. The van der Waals surface area contributed by atoms with Gasteiger partial charge in [-0.3, -0.25) is 4.90 Å². The Bertz CT molecular complexity index is 801. The summed E-state index contributed by atoms with van der Waals surface area (Å²) < 4.78 is 6.29. The lowest BCUT2D eigenvalue weighted by atomic mass is 9.48. The van der Waals surface area contributed by atoms with E-state index < -0.39 is 11.0 Å². The standard InChI is InChI=1S/C21H25NO3/c1-12-6-7-21(24)16-10-14-4-5-15(23)18-17(14)20(21,19(12)25-18)8-9-22(16)11-13-2-3-13/h4-5,13,16,19,23-24H,1-3,6-11H2/t16?,19-,20-,21?/m0/s1. The second kappa shape index (κ2) is 4.41. The number of hydrogen-bond acceptors (Lipinski definition) is 4. The molecule has 1 aromatic carbocycles. The van der Waals surface area contributed by atoms with E-state index in [0.717, 1.165) is 55.8 Å². The summed E-state index contributed by atoms with van der Waals surface area (Å²) in [6, 6.07) is 3.96. The van der Waals surface area contributed by atoms with Gasteiger partial charge in [0.1, 0.15) is 6.10 Å². The molecule has 2 bridgehead atoms. The van der Waals surface area contributed by atoms with Gasteiger partial charge < -0.3 is 14.9 Å². The largest absolute Gasteiger partial charge is 0.504 e. The molecule has 3 aliphatic carbocycles. The van der Waals surface area contributed by atoms with E-state index in [1.54, 1.807) is 6.07 Å². The summed E-state index contributed by atoms with van der Waals surface area (Å²) in [6.07, 6.45) is 5.79.